The van der Waals surface area contributed by atoms with Crippen LogP contribution in [0.1, 0.15) is 15.9 Å². The fourth-order valence-electron chi connectivity index (χ4n) is 1.97. The van der Waals surface area contributed by atoms with Crippen molar-refractivity contribution in [3.05, 3.63) is 72.2 Å². The molecule has 2 heteroatoms. The van der Waals surface area contributed by atoms with Crippen molar-refractivity contribution in [1.82, 2.24) is 0 Å². The molecule has 0 aliphatic rings. The lowest BCUT2D eigenvalue weighted by molar-refractivity contribution is 0.103. The van der Waals surface area contributed by atoms with E-state index in [4.69, 9.17) is 4.42 Å². The lowest BCUT2D eigenvalue weighted by atomic mass is 9.99. The maximum atomic E-state index is 12.3. The zero-order chi connectivity index (χ0) is 11.7. The van der Waals surface area contributed by atoms with E-state index in [2.05, 4.69) is 0 Å². The minimum atomic E-state index is -0.00412. The van der Waals surface area contributed by atoms with Crippen LogP contribution in [-0.2, 0) is 0 Å². The molecule has 0 fully saturated rings. The zero-order valence-corrected chi connectivity index (χ0v) is 9.09. The standard InChI is InChI=1S/C15H10O2/c16-15(12-8-9-17-10-12)14-7-3-5-11-4-1-2-6-13(11)14/h1-10H. The van der Waals surface area contributed by atoms with E-state index >= 15 is 0 Å². The van der Waals surface area contributed by atoms with Gasteiger partial charge in [-0.2, -0.15) is 0 Å². The van der Waals surface area contributed by atoms with Gasteiger partial charge in [0.15, 0.2) is 5.78 Å². The largest absolute Gasteiger partial charge is 0.472 e. The summed E-state index contributed by atoms with van der Waals surface area (Å²) in [6.07, 6.45) is 2.99. The SMILES string of the molecule is O=C(c1ccoc1)c1cccc2ccccc12. The average Bonchev–Trinajstić information content (AvgIpc) is 2.91. The molecule has 0 unspecified atom stereocenters. The molecule has 0 atom stereocenters. The Morgan fingerprint density at radius 3 is 2.59 bits per heavy atom. The Balaban J connectivity index is 2.21. The van der Waals surface area contributed by atoms with Gasteiger partial charge in [0, 0.05) is 5.56 Å². The molecule has 0 amide bonds. The van der Waals surface area contributed by atoms with Crippen LogP contribution >= 0.6 is 0 Å². The summed E-state index contributed by atoms with van der Waals surface area (Å²) in [4.78, 5) is 12.3. The number of carbonyl (C=O) groups excluding carboxylic acids is 1. The van der Waals surface area contributed by atoms with Crippen LogP contribution < -0.4 is 0 Å². The highest BCUT2D eigenvalue weighted by molar-refractivity contribution is 6.16. The Hall–Kier alpha value is -2.35. The van der Waals surface area contributed by atoms with E-state index in [0.29, 0.717) is 11.1 Å². The fraction of sp³-hybridized carbons (Fsp3) is 0. The number of rotatable bonds is 2. The quantitative estimate of drug-likeness (QED) is 0.619. The first kappa shape index (κ1) is 9.85. The first-order chi connectivity index (χ1) is 8.36. The van der Waals surface area contributed by atoms with Crippen molar-refractivity contribution < 1.29 is 9.21 Å². The predicted octanol–water partition coefficient (Wildman–Crippen LogP) is 3.66. The molecule has 3 aromatic rings. The fourth-order valence-corrected chi connectivity index (χ4v) is 1.97. The van der Waals surface area contributed by atoms with Crippen molar-refractivity contribution in [2.75, 3.05) is 0 Å². The van der Waals surface area contributed by atoms with Crippen LogP contribution in [0.25, 0.3) is 10.8 Å². The monoisotopic (exact) mass is 222 g/mol. The molecule has 82 valence electrons. The van der Waals surface area contributed by atoms with Gasteiger partial charge in [-0.25, -0.2) is 0 Å². The second-order valence-electron chi connectivity index (χ2n) is 3.87. The summed E-state index contributed by atoms with van der Waals surface area (Å²) in [7, 11) is 0. The molecule has 1 heterocycles. The van der Waals surface area contributed by atoms with Crippen LogP contribution in [0.15, 0.2) is 65.5 Å². The number of benzene rings is 2. The second kappa shape index (κ2) is 3.91. The number of hydrogen-bond donors (Lipinski definition) is 0. The Morgan fingerprint density at radius 1 is 0.941 bits per heavy atom. The number of carbonyl (C=O) groups is 1. The van der Waals surface area contributed by atoms with Crippen LogP contribution in [0.4, 0.5) is 0 Å². The zero-order valence-electron chi connectivity index (χ0n) is 9.09. The van der Waals surface area contributed by atoms with E-state index in [1.165, 1.54) is 12.5 Å². The lowest BCUT2D eigenvalue weighted by Gasteiger charge is -2.03. The minimum absolute atomic E-state index is 0.00412. The van der Waals surface area contributed by atoms with Gasteiger partial charge in [0.25, 0.3) is 0 Å². The average molecular weight is 222 g/mol. The van der Waals surface area contributed by atoms with Gasteiger partial charge < -0.3 is 4.42 Å². The Bertz CT molecular complexity index is 661. The van der Waals surface area contributed by atoms with E-state index in [0.717, 1.165) is 10.8 Å². The first-order valence-corrected chi connectivity index (χ1v) is 5.41. The number of furan rings is 1. The highest BCUT2D eigenvalue weighted by atomic mass is 16.3. The summed E-state index contributed by atoms with van der Waals surface area (Å²) in [5.41, 5.74) is 1.30. The molecule has 17 heavy (non-hydrogen) atoms. The van der Waals surface area contributed by atoms with E-state index in [-0.39, 0.29) is 5.78 Å². The number of fused-ring (bicyclic) bond motifs is 1. The van der Waals surface area contributed by atoms with Gasteiger partial charge in [-0.15, -0.1) is 0 Å². The summed E-state index contributed by atoms with van der Waals surface area (Å²) in [6.45, 7) is 0. The summed E-state index contributed by atoms with van der Waals surface area (Å²) in [5.74, 6) is -0.00412. The van der Waals surface area contributed by atoms with Crippen LogP contribution in [-0.4, -0.2) is 5.78 Å². The lowest BCUT2D eigenvalue weighted by Crippen LogP contribution is -2.00. The summed E-state index contributed by atoms with van der Waals surface area (Å²) in [5, 5.41) is 2.04. The van der Waals surface area contributed by atoms with Crippen LogP contribution in [0.2, 0.25) is 0 Å². The highest BCUT2D eigenvalue weighted by Crippen LogP contribution is 2.21. The van der Waals surface area contributed by atoms with Gasteiger partial charge in [0.1, 0.15) is 6.26 Å². The van der Waals surface area contributed by atoms with Crippen LogP contribution in [0.5, 0.6) is 0 Å². The van der Waals surface area contributed by atoms with Crippen molar-refractivity contribution in [2.24, 2.45) is 0 Å². The van der Waals surface area contributed by atoms with Gasteiger partial charge in [-0.3, -0.25) is 4.79 Å². The van der Waals surface area contributed by atoms with Crippen molar-refractivity contribution in [3.63, 3.8) is 0 Å². The van der Waals surface area contributed by atoms with Gasteiger partial charge in [0.2, 0.25) is 0 Å². The maximum Gasteiger partial charge on any atom is 0.196 e. The third kappa shape index (κ3) is 1.64. The van der Waals surface area contributed by atoms with Crippen LogP contribution in [0, 0.1) is 0 Å². The molecule has 1 aromatic heterocycles. The van der Waals surface area contributed by atoms with Gasteiger partial charge >= 0.3 is 0 Å². The second-order valence-corrected chi connectivity index (χ2v) is 3.87. The van der Waals surface area contributed by atoms with Gasteiger partial charge in [-0.1, -0.05) is 42.5 Å². The third-order valence-electron chi connectivity index (χ3n) is 2.82. The molecule has 0 spiro atoms. The molecule has 0 N–H and O–H groups in total. The third-order valence-corrected chi connectivity index (χ3v) is 2.82. The molecule has 0 aliphatic heterocycles. The smallest absolute Gasteiger partial charge is 0.196 e. The first-order valence-electron chi connectivity index (χ1n) is 5.41. The minimum Gasteiger partial charge on any atom is -0.472 e. The Labute approximate surface area is 98.5 Å². The maximum absolute atomic E-state index is 12.3. The molecular weight excluding hydrogens is 212 g/mol. The van der Waals surface area contributed by atoms with E-state index in [9.17, 15) is 4.79 Å². The normalized spacial score (nSPS) is 10.6. The molecule has 2 aromatic carbocycles. The molecule has 0 aliphatic carbocycles. The molecule has 0 saturated carbocycles. The molecule has 3 rings (SSSR count). The van der Waals surface area contributed by atoms with Crippen molar-refractivity contribution in [3.8, 4) is 0 Å². The van der Waals surface area contributed by atoms with Crippen molar-refractivity contribution >= 4 is 16.6 Å². The van der Waals surface area contributed by atoms with Gasteiger partial charge in [0.05, 0.1) is 11.8 Å². The molecule has 2 nitrogen and oxygen atoms in total. The predicted molar refractivity (Wildman–Crippen MR) is 66.1 cm³/mol. The van der Waals surface area contributed by atoms with E-state index in [1.54, 1.807) is 6.07 Å². The topological polar surface area (TPSA) is 30.2 Å². The molecular formula is C15H10O2. The molecule has 0 saturated heterocycles. The molecule has 0 bridgehead atoms. The Kier molecular flexibility index (Phi) is 2.26. The molecule has 0 radical (unpaired) electrons. The van der Waals surface area contributed by atoms with Crippen LogP contribution in [0.3, 0.4) is 0 Å². The summed E-state index contributed by atoms with van der Waals surface area (Å²) < 4.78 is 4.95. The summed E-state index contributed by atoms with van der Waals surface area (Å²) >= 11 is 0. The van der Waals surface area contributed by atoms with Crippen molar-refractivity contribution in [2.45, 2.75) is 0 Å². The van der Waals surface area contributed by atoms with E-state index < -0.39 is 0 Å². The number of hydrogen-bond acceptors (Lipinski definition) is 2. The number of ketones is 1. The van der Waals surface area contributed by atoms with Gasteiger partial charge in [-0.05, 0) is 16.8 Å². The summed E-state index contributed by atoms with van der Waals surface area (Å²) in [6, 6.07) is 15.3. The Morgan fingerprint density at radius 2 is 1.76 bits per heavy atom. The highest BCUT2D eigenvalue weighted by Gasteiger charge is 2.12. The van der Waals surface area contributed by atoms with E-state index in [1.807, 2.05) is 42.5 Å². The van der Waals surface area contributed by atoms with Crippen molar-refractivity contribution in [1.29, 1.82) is 0 Å².